The molecule has 2 aromatic rings. The van der Waals surface area contributed by atoms with E-state index in [1.54, 1.807) is 4.90 Å². The number of carbonyl (C=O) groups is 2. The second kappa shape index (κ2) is 7.08. The molecule has 3 aliphatic rings. The van der Waals surface area contributed by atoms with Gasteiger partial charge in [-0.1, -0.05) is 24.3 Å². The number of rotatable bonds is 3. The molecule has 3 atom stereocenters. The minimum absolute atomic E-state index is 0.00753. The topological polar surface area (TPSA) is 79.9 Å². The number of anilines is 1. The summed E-state index contributed by atoms with van der Waals surface area (Å²) in [6.45, 7) is 1.43. The Kier molecular flexibility index (Phi) is 4.39. The maximum atomic E-state index is 12.6. The van der Waals surface area contributed by atoms with Crippen LogP contribution in [-0.4, -0.2) is 49.5 Å². The molecule has 150 valence electrons. The molecule has 2 aromatic carbocycles. The van der Waals surface area contributed by atoms with E-state index in [0.29, 0.717) is 29.5 Å². The molecule has 29 heavy (non-hydrogen) atoms. The van der Waals surface area contributed by atoms with Crippen molar-refractivity contribution in [2.75, 3.05) is 32.1 Å². The number of nitrogens with zero attached hydrogens (tertiary/aromatic N) is 1. The molecule has 3 heterocycles. The van der Waals surface area contributed by atoms with Gasteiger partial charge in [-0.2, -0.15) is 0 Å². The van der Waals surface area contributed by atoms with E-state index in [0.717, 1.165) is 18.5 Å². The highest BCUT2D eigenvalue weighted by Gasteiger charge is 2.45. The van der Waals surface area contributed by atoms with Crippen molar-refractivity contribution in [2.45, 2.75) is 18.4 Å². The monoisotopic (exact) mass is 393 g/mol. The van der Waals surface area contributed by atoms with Gasteiger partial charge in [-0.05, 0) is 37.1 Å². The molecule has 2 saturated heterocycles. The van der Waals surface area contributed by atoms with Crippen LogP contribution in [-0.2, 0) is 9.59 Å². The third-order valence-electron chi connectivity index (χ3n) is 6.04. The van der Waals surface area contributed by atoms with Crippen LogP contribution in [0.3, 0.4) is 0 Å². The molecule has 0 saturated carbocycles. The van der Waals surface area contributed by atoms with Crippen molar-refractivity contribution >= 4 is 17.5 Å². The summed E-state index contributed by atoms with van der Waals surface area (Å²) in [5.41, 5.74) is 1.54. The summed E-state index contributed by atoms with van der Waals surface area (Å²) < 4.78 is 11.9. The van der Waals surface area contributed by atoms with Gasteiger partial charge in [-0.15, -0.1) is 0 Å². The van der Waals surface area contributed by atoms with Gasteiger partial charge in [-0.3, -0.25) is 9.59 Å². The Hall–Kier alpha value is -3.06. The number of hydrogen-bond acceptors (Lipinski definition) is 5. The van der Waals surface area contributed by atoms with E-state index < -0.39 is 0 Å². The van der Waals surface area contributed by atoms with Crippen molar-refractivity contribution in [3.05, 3.63) is 48.0 Å². The summed E-state index contributed by atoms with van der Waals surface area (Å²) in [5, 5.41) is 6.27. The van der Waals surface area contributed by atoms with Gasteiger partial charge >= 0.3 is 0 Å². The first kappa shape index (κ1) is 18.0. The highest BCUT2D eigenvalue weighted by atomic mass is 16.5. The van der Waals surface area contributed by atoms with Crippen LogP contribution in [0.2, 0.25) is 0 Å². The summed E-state index contributed by atoms with van der Waals surface area (Å²) in [7, 11) is 1.84. The standard InChI is InChI=1S/C22H23N3O4/c1-25-11-16(14-9-10-23-19(14)22(25)27)15-7-8-17-20(24-18(26)12-28-17)21(15)29-13-5-3-2-4-6-13/h2-8,14,16,19,23H,9-12H2,1H3,(H,24,26). The van der Waals surface area contributed by atoms with E-state index >= 15 is 0 Å². The first-order valence-electron chi connectivity index (χ1n) is 9.92. The maximum absolute atomic E-state index is 12.6. The molecule has 0 radical (unpaired) electrons. The maximum Gasteiger partial charge on any atom is 0.262 e. The van der Waals surface area contributed by atoms with Crippen molar-refractivity contribution < 1.29 is 19.1 Å². The van der Waals surface area contributed by atoms with Crippen LogP contribution in [0.15, 0.2) is 42.5 Å². The Morgan fingerprint density at radius 1 is 1.14 bits per heavy atom. The highest BCUT2D eigenvalue weighted by molar-refractivity contribution is 5.97. The predicted octanol–water partition coefficient (Wildman–Crippen LogP) is 2.34. The van der Waals surface area contributed by atoms with E-state index in [1.807, 2.05) is 49.5 Å². The normalized spacial score (nSPS) is 25.7. The molecular formula is C22H23N3O4. The quantitative estimate of drug-likeness (QED) is 0.837. The molecule has 2 fully saturated rings. The lowest BCUT2D eigenvalue weighted by molar-refractivity contribution is -0.136. The zero-order chi connectivity index (χ0) is 20.0. The highest BCUT2D eigenvalue weighted by Crippen LogP contribution is 2.48. The third-order valence-corrected chi connectivity index (χ3v) is 6.04. The molecule has 0 aromatic heterocycles. The van der Waals surface area contributed by atoms with Gasteiger partial charge < -0.3 is 25.0 Å². The van der Waals surface area contributed by atoms with Gasteiger partial charge in [0.1, 0.15) is 17.2 Å². The minimum atomic E-state index is -0.205. The van der Waals surface area contributed by atoms with Crippen LogP contribution in [0.4, 0.5) is 5.69 Å². The van der Waals surface area contributed by atoms with E-state index in [1.165, 1.54) is 0 Å². The fourth-order valence-corrected chi connectivity index (χ4v) is 4.66. The lowest BCUT2D eigenvalue weighted by atomic mass is 9.77. The summed E-state index contributed by atoms with van der Waals surface area (Å²) in [4.78, 5) is 26.4. The molecule has 0 spiro atoms. The fourth-order valence-electron chi connectivity index (χ4n) is 4.66. The smallest absolute Gasteiger partial charge is 0.262 e. The number of para-hydroxylation sites is 1. The molecule has 2 N–H and O–H groups in total. The number of nitrogens with one attached hydrogen (secondary N) is 2. The molecule has 0 bridgehead atoms. The first-order chi connectivity index (χ1) is 14.1. The Morgan fingerprint density at radius 2 is 1.97 bits per heavy atom. The Balaban J connectivity index is 1.61. The molecular weight excluding hydrogens is 370 g/mol. The summed E-state index contributed by atoms with van der Waals surface area (Å²) >= 11 is 0. The van der Waals surface area contributed by atoms with E-state index in [2.05, 4.69) is 10.6 Å². The Labute approximate surface area is 169 Å². The van der Waals surface area contributed by atoms with E-state index in [9.17, 15) is 9.59 Å². The summed E-state index contributed by atoms with van der Waals surface area (Å²) in [6.07, 6.45) is 0.930. The van der Waals surface area contributed by atoms with Crippen LogP contribution in [0, 0.1) is 5.92 Å². The van der Waals surface area contributed by atoms with Gasteiger partial charge in [-0.25, -0.2) is 0 Å². The number of likely N-dealkylation sites (N-methyl/N-ethyl adjacent to an activating group) is 1. The number of hydrogen-bond donors (Lipinski definition) is 2. The van der Waals surface area contributed by atoms with Crippen LogP contribution in [0.5, 0.6) is 17.2 Å². The second-order valence-corrected chi connectivity index (χ2v) is 7.82. The number of carbonyl (C=O) groups excluding carboxylic acids is 2. The summed E-state index contributed by atoms with van der Waals surface area (Å²) in [5.74, 6) is 2.10. The van der Waals surface area contributed by atoms with Crippen LogP contribution in [0.1, 0.15) is 17.9 Å². The van der Waals surface area contributed by atoms with Crippen molar-refractivity contribution in [1.82, 2.24) is 10.2 Å². The molecule has 7 nitrogen and oxygen atoms in total. The zero-order valence-corrected chi connectivity index (χ0v) is 16.2. The molecule has 3 aliphatic heterocycles. The van der Waals surface area contributed by atoms with Crippen molar-refractivity contribution in [3.8, 4) is 17.2 Å². The number of benzene rings is 2. The average Bonchev–Trinajstić information content (AvgIpc) is 3.22. The van der Waals surface area contributed by atoms with Gasteiger partial charge in [0.15, 0.2) is 12.4 Å². The fraction of sp³-hybridized carbons (Fsp3) is 0.364. The number of piperidine rings is 1. The number of likely N-dealkylation sites (tertiary alicyclic amines) is 1. The third kappa shape index (κ3) is 3.11. The second-order valence-electron chi connectivity index (χ2n) is 7.82. The molecule has 5 rings (SSSR count). The van der Waals surface area contributed by atoms with Gasteiger partial charge in [0.2, 0.25) is 5.91 Å². The van der Waals surface area contributed by atoms with Gasteiger partial charge in [0, 0.05) is 25.1 Å². The van der Waals surface area contributed by atoms with Crippen LogP contribution < -0.4 is 20.1 Å². The van der Waals surface area contributed by atoms with Crippen molar-refractivity contribution in [2.24, 2.45) is 5.92 Å². The average molecular weight is 393 g/mol. The van der Waals surface area contributed by atoms with E-state index in [-0.39, 0.29) is 36.3 Å². The lowest BCUT2D eigenvalue weighted by Crippen LogP contribution is -2.53. The van der Waals surface area contributed by atoms with Gasteiger partial charge in [0.25, 0.3) is 5.91 Å². The Morgan fingerprint density at radius 3 is 2.79 bits per heavy atom. The molecule has 3 unspecified atom stereocenters. The minimum Gasteiger partial charge on any atom is -0.481 e. The lowest BCUT2D eigenvalue weighted by Gasteiger charge is -2.39. The predicted molar refractivity (Wildman–Crippen MR) is 107 cm³/mol. The van der Waals surface area contributed by atoms with E-state index in [4.69, 9.17) is 9.47 Å². The summed E-state index contributed by atoms with van der Waals surface area (Å²) in [6, 6.07) is 13.2. The van der Waals surface area contributed by atoms with Crippen LogP contribution in [0.25, 0.3) is 0 Å². The van der Waals surface area contributed by atoms with Crippen LogP contribution >= 0.6 is 0 Å². The zero-order valence-electron chi connectivity index (χ0n) is 16.2. The number of ether oxygens (including phenoxy) is 2. The molecule has 7 heteroatoms. The molecule has 0 aliphatic carbocycles. The van der Waals surface area contributed by atoms with Gasteiger partial charge in [0.05, 0.1) is 6.04 Å². The molecule has 2 amide bonds. The number of fused-ring (bicyclic) bond motifs is 2. The first-order valence-corrected chi connectivity index (χ1v) is 9.92. The largest absolute Gasteiger partial charge is 0.481 e. The Bertz CT molecular complexity index is 962. The number of amides is 2. The van der Waals surface area contributed by atoms with Crippen molar-refractivity contribution in [1.29, 1.82) is 0 Å². The SMILES string of the molecule is CN1CC(c2ccc3c(c2Oc2ccccc2)NC(=O)CO3)C2CCNC2C1=O. The van der Waals surface area contributed by atoms with Crippen molar-refractivity contribution in [3.63, 3.8) is 0 Å².